The summed E-state index contributed by atoms with van der Waals surface area (Å²) in [7, 11) is 0. The Morgan fingerprint density at radius 1 is 0.615 bits per heavy atom. The third kappa shape index (κ3) is 3.03. The Morgan fingerprint density at radius 3 is 1.46 bits per heavy atom. The summed E-state index contributed by atoms with van der Waals surface area (Å²) in [6.45, 7) is 4.32. The molecule has 2 saturated heterocycles. The van der Waals surface area contributed by atoms with Crippen LogP contribution in [0.3, 0.4) is 0 Å². The van der Waals surface area contributed by atoms with Crippen LogP contribution in [0.5, 0.6) is 0 Å². The fourth-order valence-electron chi connectivity index (χ4n) is 3.88. The van der Waals surface area contributed by atoms with E-state index in [0.717, 1.165) is 37.8 Å². The molecular weight excluding hydrogens is 364 g/mol. The highest BCUT2D eigenvalue weighted by Crippen LogP contribution is 2.53. The zero-order chi connectivity index (χ0) is 17.3. The van der Waals surface area contributed by atoms with Crippen molar-refractivity contribution in [1.29, 1.82) is 0 Å². The summed E-state index contributed by atoms with van der Waals surface area (Å²) in [4.78, 5) is 9.66. The Kier molecular flexibility index (Phi) is 4.62. The van der Waals surface area contributed by atoms with Crippen LogP contribution in [-0.4, -0.2) is 46.6 Å². The number of rotatable bonds is 2. The van der Waals surface area contributed by atoms with Gasteiger partial charge in [0.2, 0.25) is 0 Å². The SMILES string of the molecule is c1nnc(N2CCCCC2)c2c1Sc1c(cnnc1N1CCCCC1)S2. The fourth-order valence-corrected chi connectivity index (χ4v) is 6.22. The van der Waals surface area contributed by atoms with Gasteiger partial charge in [-0.15, -0.1) is 10.2 Å². The molecule has 0 aromatic carbocycles. The van der Waals surface area contributed by atoms with Gasteiger partial charge in [-0.2, -0.15) is 10.2 Å². The van der Waals surface area contributed by atoms with Gasteiger partial charge in [-0.05, 0) is 38.5 Å². The van der Waals surface area contributed by atoms with Crippen molar-refractivity contribution in [3.8, 4) is 0 Å². The number of fused-ring (bicyclic) bond motifs is 2. The molecule has 2 aromatic rings. The molecule has 3 aliphatic heterocycles. The van der Waals surface area contributed by atoms with Crippen molar-refractivity contribution >= 4 is 35.2 Å². The van der Waals surface area contributed by atoms with Crippen LogP contribution in [0.25, 0.3) is 0 Å². The lowest BCUT2D eigenvalue weighted by Gasteiger charge is -2.32. The predicted octanol–water partition coefficient (Wildman–Crippen LogP) is 3.86. The molecule has 0 radical (unpaired) electrons. The molecule has 8 heteroatoms. The summed E-state index contributed by atoms with van der Waals surface area (Å²) >= 11 is 3.57. The second-order valence-electron chi connectivity index (χ2n) is 7.02. The highest BCUT2D eigenvalue weighted by atomic mass is 32.2. The summed E-state index contributed by atoms with van der Waals surface area (Å²) in [5.41, 5.74) is 0. The van der Waals surface area contributed by atoms with Crippen LogP contribution in [0.15, 0.2) is 32.0 Å². The quantitative estimate of drug-likeness (QED) is 0.658. The van der Waals surface area contributed by atoms with Crippen molar-refractivity contribution in [1.82, 2.24) is 20.4 Å². The molecule has 5 heterocycles. The van der Waals surface area contributed by atoms with E-state index in [9.17, 15) is 0 Å². The summed E-state index contributed by atoms with van der Waals surface area (Å²) in [5, 5.41) is 17.6. The van der Waals surface area contributed by atoms with Crippen molar-refractivity contribution in [3.63, 3.8) is 0 Å². The first kappa shape index (κ1) is 16.6. The molecule has 0 N–H and O–H groups in total. The Balaban J connectivity index is 1.50. The van der Waals surface area contributed by atoms with E-state index in [4.69, 9.17) is 0 Å². The molecule has 2 aromatic heterocycles. The van der Waals surface area contributed by atoms with Gasteiger partial charge in [-0.1, -0.05) is 23.5 Å². The third-order valence-electron chi connectivity index (χ3n) is 5.24. The van der Waals surface area contributed by atoms with Gasteiger partial charge < -0.3 is 9.80 Å². The Bertz CT molecular complexity index is 735. The molecule has 136 valence electrons. The summed E-state index contributed by atoms with van der Waals surface area (Å²) in [5.74, 6) is 2.09. The van der Waals surface area contributed by atoms with Crippen molar-refractivity contribution in [2.75, 3.05) is 36.0 Å². The average molecular weight is 387 g/mol. The fraction of sp³-hybridized carbons (Fsp3) is 0.556. The first-order chi connectivity index (χ1) is 12.9. The number of nitrogens with zero attached hydrogens (tertiary/aromatic N) is 6. The van der Waals surface area contributed by atoms with Crippen molar-refractivity contribution in [2.45, 2.75) is 58.1 Å². The highest BCUT2D eigenvalue weighted by Gasteiger charge is 2.29. The lowest BCUT2D eigenvalue weighted by molar-refractivity contribution is 0.564. The van der Waals surface area contributed by atoms with E-state index in [1.54, 1.807) is 23.5 Å². The molecule has 6 nitrogen and oxygen atoms in total. The summed E-state index contributed by atoms with van der Waals surface area (Å²) in [6.07, 6.45) is 11.4. The molecule has 2 fully saturated rings. The van der Waals surface area contributed by atoms with E-state index in [1.165, 1.54) is 58.1 Å². The standard InChI is InChI=1S/C18H22N6S2/c1-3-7-23(8-4-1)17-15-13(11-19-21-17)26-16-14(25-15)12-20-22-18(16)24-9-5-2-6-10-24/h11-12H,1-10H2. The van der Waals surface area contributed by atoms with E-state index in [1.807, 2.05) is 12.4 Å². The minimum absolute atomic E-state index is 1.04. The maximum atomic E-state index is 4.50. The average Bonchev–Trinajstić information content (AvgIpc) is 2.72. The first-order valence-corrected chi connectivity index (χ1v) is 11.1. The monoisotopic (exact) mass is 386 g/mol. The van der Waals surface area contributed by atoms with Crippen LogP contribution in [-0.2, 0) is 0 Å². The largest absolute Gasteiger partial charge is 0.354 e. The van der Waals surface area contributed by atoms with Gasteiger partial charge >= 0.3 is 0 Å². The molecule has 5 rings (SSSR count). The summed E-state index contributed by atoms with van der Waals surface area (Å²) in [6, 6.07) is 0. The van der Waals surface area contributed by atoms with E-state index < -0.39 is 0 Å². The van der Waals surface area contributed by atoms with Gasteiger partial charge in [0.15, 0.2) is 11.6 Å². The smallest absolute Gasteiger partial charge is 0.166 e. The van der Waals surface area contributed by atoms with Crippen LogP contribution in [0.2, 0.25) is 0 Å². The number of piperidine rings is 2. The maximum Gasteiger partial charge on any atom is 0.166 e. The molecule has 26 heavy (non-hydrogen) atoms. The Morgan fingerprint density at radius 2 is 1.04 bits per heavy atom. The van der Waals surface area contributed by atoms with E-state index in [-0.39, 0.29) is 0 Å². The normalized spacial score (nSPS) is 19.8. The molecule has 0 aliphatic carbocycles. The summed E-state index contributed by atoms with van der Waals surface area (Å²) < 4.78 is 0. The van der Waals surface area contributed by atoms with Gasteiger partial charge in [0.05, 0.1) is 32.0 Å². The van der Waals surface area contributed by atoms with Crippen molar-refractivity contribution in [3.05, 3.63) is 12.4 Å². The van der Waals surface area contributed by atoms with Crippen molar-refractivity contribution in [2.24, 2.45) is 0 Å². The molecular formula is C18H22N6S2. The second kappa shape index (κ2) is 7.23. The molecule has 0 spiro atoms. The van der Waals surface area contributed by atoms with Gasteiger partial charge in [-0.25, -0.2) is 0 Å². The number of anilines is 2. The Hall–Kier alpha value is -1.54. The van der Waals surface area contributed by atoms with E-state index in [2.05, 4.69) is 30.2 Å². The third-order valence-corrected chi connectivity index (χ3v) is 7.77. The molecule has 3 aliphatic rings. The minimum atomic E-state index is 1.04. The predicted molar refractivity (Wildman–Crippen MR) is 104 cm³/mol. The minimum Gasteiger partial charge on any atom is -0.354 e. The van der Waals surface area contributed by atoms with E-state index >= 15 is 0 Å². The van der Waals surface area contributed by atoms with Gasteiger partial charge in [0, 0.05) is 26.2 Å². The zero-order valence-corrected chi connectivity index (χ0v) is 16.4. The first-order valence-electron chi connectivity index (χ1n) is 9.47. The maximum absolute atomic E-state index is 4.50. The molecule has 0 atom stereocenters. The van der Waals surface area contributed by atoms with Crippen LogP contribution in [0.1, 0.15) is 38.5 Å². The Labute approximate surface area is 162 Å². The number of hydrogen-bond acceptors (Lipinski definition) is 8. The van der Waals surface area contributed by atoms with Crippen LogP contribution >= 0.6 is 23.5 Å². The lowest BCUT2D eigenvalue weighted by Crippen LogP contribution is -2.31. The number of hydrogen-bond donors (Lipinski definition) is 0. The topological polar surface area (TPSA) is 58.0 Å². The van der Waals surface area contributed by atoms with Gasteiger partial charge in [0.1, 0.15) is 0 Å². The van der Waals surface area contributed by atoms with Crippen LogP contribution in [0, 0.1) is 0 Å². The number of aromatic nitrogens is 4. The van der Waals surface area contributed by atoms with Crippen LogP contribution in [0.4, 0.5) is 11.6 Å². The molecule has 0 saturated carbocycles. The molecule has 0 bridgehead atoms. The molecule has 0 amide bonds. The zero-order valence-electron chi connectivity index (χ0n) is 14.7. The molecule has 0 unspecified atom stereocenters. The van der Waals surface area contributed by atoms with Crippen molar-refractivity contribution < 1.29 is 0 Å². The van der Waals surface area contributed by atoms with Gasteiger partial charge in [0.25, 0.3) is 0 Å². The second-order valence-corrected chi connectivity index (χ2v) is 9.13. The van der Waals surface area contributed by atoms with Crippen LogP contribution < -0.4 is 9.80 Å². The van der Waals surface area contributed by atoms with Gasteiger partial charge in [-0.3, -0.25) is 0 Å². The highest BCUT2D eigenvalue weighted by molar-refractivity contribution is 8.05. The lowest BCUT2D eigenvalue weighted by atomic mass is 10.1. The van der Waals surface area contributed by atoms with E-state index in [0.29, 0.717) is 0 Å².